The summed E-state index contributed by atoms with van der Waals surface area (Å²) in [5.41, 5.74) is 0.798. The summed E-state index contributed by atoms with van der Waals surface area (Å²) in [6.07, 6.45) is 2.30. The predicted octanol–water partition coefficient (Wildman–Crippen LogP) is 3.43. The molecule has 0 unspecified atom stereocenters. The lowest BCUT2D eigenvalue weighted by molar-refractivity contribution is 0.0531. The third-order valence-corrected chi connectivity index (χ3v) is 5.02. The summed E-state index contributed by atoms with van der Waals surface area (Å²) in [7, 11) is 0. The van der Waals surface area contributed by atoms with Gasteiger partial charge in [-0.15, -0.1) is 11.3 Å². The van der Waals surface area contributed by atoms with Crippen molar-refractivity contribution in [3.63, 3.8) is 0 Å². The zero-order valence-corrected chi connectivity index (χ0v) is 13.6. The molecule has 0 aromatic carbocycles. The third-order valence-electron chi connectivity index (χ3n) is 3.58. The van der Waals surface area contributed by atoms with Gasteiger partial charge in [0.1, 0.15) is 14.9 Å². The smallest absolute Gasteiger partial charge is 0.348 e. The van der Waals surface area contributed by atoms with Gasteiger partial charge in [0, 0.05) is 13.1 Å². The Morgan fingerprint density at radius 3 is 2.76 bits per heavy atom. The molecule has 7 heteroatoms. The molecule has 112 valence electrons. The lowest BCUT2D eigenvalue weighted by Crippen LogP contribution is -2.20. The number of hydrogen-bond acceptors (Lipinski definition) is 6. The zero-order chi connectivity index (χ0) is 15.0. The average molecular weight is 326 g/mol. The number of carbonyl (C=O) groups excluding carboxylic acids is 1. The van der Waals surface area contributed by atoms with Gasteiger partial charge in [-0.05, 0) is 32.3 Å². The molecule has 2 aromatic rings. The number of aromatic nitrogens is 2. The number of hydrogen-bond donors (Lipinski definition) is 0. The van der Waals surface area contributed by atoms with Gasteiger partial charge in [-0.3, -0.25) is 0 Å². The maximum Gasteiger partial charge on any atom is 0.348 e. The Morgan fingerprint density at radius 1 is 1.38 bits per heavy atom. The number of carbonyl (C=O) groups is 1. The Morgan fingerprint density at radius 2 is 2.10 bits per heavy atom. The number of halogens is 1. The van der Waals surface area contributed by atoms with Crippen molar-refractivity contribution in [1.29, 1.82) is 0 Å². The molecule has 1 saturated heterocycles. The van der Waals surface area contributed by atoms with Crippen LogP contribution in [0.1, 0.15) is 35.0 Å². The number of esters is 1. The molecule has 2 aromatic heterocycles. The second kappa shape index (κ2) is 5.77. The monoisotopic (exact) mass is 325 g/mol. The molecule has 0 amide bonds. The highest BCUT2D eigenvalue weighted by Crippen LogP contribution is 2.35. The Hall–Kier alpha value is -1.40. The van der Waals surface area contributed by atoms with Crippen molar-refractivity contribution in [2.24, 2.45) is 0 Å². The molecule has 5 nitrogen and oxygen atoms in total. The number of thiophene rings is 1. The minimum atomic E-state index is -0.322. The summed E-state index contributed by atoms with van der Waals surface area (Å²) in [6.45, 7) is 5.91. The topological polar surface area (TPSA) is 55.3 Å². The van der Waals surface area contributed by atoms with Gasteiger partial charge in [-0.1, -0.05) is 11.6 Å². The fourth-order valence-corrected chi connectivity index (χ4v) is 3.96. The molecule has 0 N–H and O–H groups in total. The van der Waals surface area contributed by atoms with E-state index < -0.39 is 0 Å². The minimum Gasteiger partial charge on any atom is -0.462 e. The van der Waals surface area contributed by atoms with Crippen LogP contribution in [-0.2, 0) is 4.74 Å². The number of fused-ring (bicyclic) bond motifs is 1. The van der Waals surface area contributed by atoms with Crippen molar-refractivity contribution < 1.29 is 9.53 Å². The molecule has 3 rings (SSSR count). The predicted molar refractivity (Wildman–Crippen MR) is 84.6 cm³/mol. The summed E-state index contributed by atoms with van der Waals surface area (Å²) < 4.78 is 5.08. The quantitative estimate of drug-likeness (QED) is 0.639. The van der Waals surface area contributed by atoms with Crippen molar-refractivity contribution in [1.82, 2.24) is 9.97 Å². The van der Waals surface area contributed by atoms with Gasteiger partial charge in [0.05, 0.1) is 12.0 Å². The SMILES string of the molecule is CCOC(=O)c1sc2nc(N3CCCC3)nc(Cl)c2c1C. The van der Waals surface area contributed by atoms with Gasteiger partial charge in [0.2, 0.25) is 5.95 Å². The van der Waals surface area contributed by atoms with Crippen LogP contribution in [0.4, 0.5) is 5.95 Å². The molecule has 1 aliphatic rings. The van der Waals surface area contributed by atoms with Gasteiger partial charge in [0.25, 0.3) is 0 Å². The minimum absolute atomic E-state index is 0.322. The van der Waals surface area contributed by atoms with Crippen LogP contribution >= 0.6 is 22.9 Å². The number of ether oxygens (including phenoxy) is 1. The van der Waals surface area contributed by atoms with E-state index in [9.17, 15) is 4.79 Å². The van der Waals surface area contributed by atoms with Crippen LogP contribution in [0, 0.1) is 6.92 Å². The van der Waals surface area contributed by atoms with Gasteiger partial charge in [0.15, 0.2) is 0 Å². The van der Waals surface area contributed by atoms with Crippen molar-refractivity contribution in [3.8, 4) is 0 Å². The second-order valence-corrected chi connectivity index (χ2v) is 6.32. The molecule has 1 aliphatic heterocycles. The molecule has 0 spiro atoms. The first-order valence-electron chi connectivity index (χ1n) is 7.00. The standard InChI is InChI=1S/C14H16ClN3O2S/c1-3-20-13(19)10-8(2)9-11(15)16-14(17-12(9)21-10)18-6-4-5-7-18/h3-7H2,1-2H3. The van der Waals surface area contributed by atoms with Crippen LogP contribution in [-0.4, -0.2) is 35.6 Å². The fourth-order valence-electron chi connectivity index (χ4n) is 2.53. The Balaban J connectivity index is 2.08. The van der Waals surface area contributed by atoms with Gasteiger partial charge < -0.3 is 9.64 Å². The van der Waals surface area contributed by atoms with E-state index in [2.05, 4.69) is 14.9 Å². The van der Waals surface area contributed by atoms with Crippen LogP contribution in [0.3, 0.4) is 0 Å². The summed E-state index contributed by atoms with van der Waals surface area (Å²) in [5, 5.41) is 1.17. The highest BCUT2D eigenvalue weighted by atomic mass is 35.5. The maximum atomic E-state index is 12.0. The molecule has 0 bridgehead atoms. The van der Waals surface area contributed by atoms with E-state index in [1.165, 1.54) is 11.3 Å². The number of nitrogens with zero attached hydrogens (tertiary/aromatic N) is 3. The highest BCUT2D eigenvalue weighted by molar-refractivity contribution is 7.20. The second-order valence-electron chi connectivity index (χ2n) is 4.97. The first-order valence-corrected chi connectivity index (χ1v) is 8.20. The van der Waals surface area contributed by atoms with Crippen LogP contribution < -0.4 is 4.90 Å². The lowest BCUT2D eigenvalue weighted by Gasteiger charge is -2.14. The van der Waals surface area contributed by atoms with Crippen LogP contribution in [0.5, 0.6) is 0 Å². The largest absolute Gasteiger partial charge is 0.462 e. The third kappa shape index (κ3) is 2.58. The lowest BCUT2D eigenvalue weighted by atomic mass is 10.2. The molecule has 0 aliphatic carbocycles. The van der Waals surface area contributed by atoms with E-state index >= 15 is 0 Å². The number of aryl methyl sites for hydroxylation is 1. The average Bonchev–Trinajstić information content (AvgIpc) is 3.07. The van der Waals surface area contributed by atoms with Crippen molar-refractivity contribution >= 4 is 45.1 Å². The summed E-state index contributed by atoms with van der Waals surface area (Å²) in [5.74, 6) is 0.332. The van der Waals surface area contributed by atoms with Gasteiger partial charge >= 0.3 is 5.97 Å². The summed E-state index contributed by atoms with van der Waals surface area (Å²) >= 11 is 7.64. The first kappa shape index (κ1) is 14.5. The van der Waals surface area contributed by atoms with E-state index in [0.29, 0.717) is 22.6 Å². The van der Waals surface area contributed by atoms with Crippen LogP contribution in [0.25, 0.3) is 10.2 Å². The molecule has 0 radical (unpaired) electrons. The molecule has 0 atom stereocenters. The van der Waals surface area contributed by atoms with Crippen molar-refractivity contribution in [3.05, 3.63) is 15.6 Å². The van der Waals surface area contributed by atoms with E-state index in [-0.39, 0.29) is 5.97 Å². The Kier molecular flexibility index (Phi) is 3.99. The van der Waals surface area contributed by atoms with Crippen LogP contribution in [0.2, 0.25) is 5.15 Å². The number of anilines is 1. The van der Waals surface area contributed by atoms with E-state index in [4.69, 9.17) is 16.3 Å². The van der Waals surface area contributed by atoms with E-state index in [0.717, 1.165) is 41.7 Å². The number of rotatable bonds is 3. The summed E-state index contributed by atoms with van der Waals surface area (Å²) in [6, 6.07) is 0. The normalized spacial score (nSPS) is 14.9. The highest BCUT2D eigenvalue weighted by Gasteiger charge is 2.23. The van der Waals surface area contributed by atoms with Crippen molar-refractivity contribution in [2.45, 2.75) is 26.7 Å². The van der Waals surface area contributed by atoms with Crippen molar-refractivity contribution in [2.75, 3.05) is 24.6 Å². The van der Waals surface area contributed by atoms with E-state index in [1.807, 2.05) is 6.92 Å². The van der Waals surface area contributed by atoms with Gasteiger partial charge in [-0.2, -0.15) is 0 Å². The fraction of sp³-hybridized carbons (Fsp3) is 0.500. The molecule has 0 saturated carbocycles. The Bertz CT molecular complexity index is 695. The molecular formula is C14H16ClN3O2S. The maximum absolute atomic E-state index is 12.0. The van der Waals surface area contributed by atoms with E-state index in [1.54, 1.807) is 6.92 Å². The molecule has 21 heavy (non-hydrogen) atoms. The molecule has 1 fully saturated rings. The van der Waals surface area contributed by atoms with Crippen LogP contribution in [0.15, 0.2) is 0 Å². The molecular weight excluding hydrogens is 310 g/mol. The van der Waals surface area contributed by atoms with Gasteiger partial charge in [-0.25, -0.2) is 14.8 Å². The first-order chi connectivity index (χ1) is 10.1. The summed E-state index contributed by atoms with van der Waals surface area (Å²) in [4.78, 5) is 24.4. The zero-order valence-electron chi connectivity index (χ0n) is 12.0. The Labute approximate surface area is 131 Å². The molecule has 3 heterocycles.